The third-order valence-corrected chi connectivity index (χ3v) is 5.15. The lowest BCUT2D eigenvalue weighted by atomic mass is 10.2. The first-order chi connectivity index (χ1) is 9.83. The number of benzene rings is 2. The Hall–Kier alpha value is -1.24. The number of hydrogen-bond donors (Lipinski definition) is 1. The Labute approximate surface area is 137 Å². The minimum absolute atomic E-state index is 0.187. The van der Waals surface area contributed by atoms with Crippen LogP contribution in [-0.4, -0.2) is 15.5 Å². The summed E-state index contributed by atoms with van der Waals surface area (Å²) in [6, 6.07) is 9.69. The molecule has 0 aromatic heterocycles. The fourth-order valence-electron chi connectivity index (χ4n) is 1.68. The van der Waals surface area contributed by atoms with Crippen LogP contribution in [-0.2, 0) is 10.0 Å². The second-order valence-electron chi connectivity index (χ2n) is 4.39. The van der Waals surface area contributed by atoms with Crippen molar-refractivity contribution in [2.24, 2.45) is 0 Å². The minimum atomic E-state index is -3.67. The molecule has 0 atom stereocenters. The molecule has 2 aromatic rings. The second-order valence-corrected chi connectivity index (χ2v) is 7.33. The molecule has 21 heavy (non-hydrogen) atoms. The normalized spacial score (nSPS) is 11.2. The number of aryl methyl sites for hydroxylation is 1. The molecule has 0 amide bonds. The maximum atomic E-state index is 12.3. The minimum Gasteiger partial charge on any atom is -0.495 e. The fraction of sp³-hybridized carbons (Fsp3) is 0.143. The molecule has 7 heteroatoms. The van der Waals surface area contributed by atoms with Crippen molar-refractivity contribution in [2.75, 3.05) is 11.8 Å². The number of halogens is 2. The summed E-state index contributed by atoms with van der Waals surface area (Å²) in [7, 11) is -2.18. The molecule has 0 aliphatic rings. The van der Waals surface area contributed by atoms with Crippen LogP contribution in [0, 0.1) is 6.92 Å². The Kier molecular flexibility index (Phi) is 4.81. The van der Waals surface area contributed by atoms with Gasteiger partial charge in [-0.2, -0.15) is 0 Å². The summed E-state index contributed by atoms with van der Waals surface area (Å²) in [5.74, 6) is 0.460. The van der Waals surface area contributed by atoms with E-state index in [0.717, 1.165) is 5.56 Å². The standard InChI is InChI=1S/C14H13BrClNO3S/c1-9-3-5-10(6-4-9)21(18,19)17-13-8-12(16)14(20-2)7-11(13)15/h3-8,17H,1-2H3. The van der Waals surface area contributed by atoms with Gasteiger partial charge in [0.2, 0.25) is 0 Å². The van der Waals surface area contributed by atoms with Crippen molar-refractivity contribution < 1.29 is 13.2 Å². The number of sulfonamides is 1. The zero-order valence-corrected chi connectivity index (χ0v) is 14.5. The average Bonchev–Trinajstić information content (AvgIpc) is 2.42. The topological polar surface area (TPSA) is 55.4 Å². The molecule has 0 bridgehead atoms. The van der Waals surface area contributed by atoms with Crippen LogP contribution >= 0.6 is 27.5 Å². The SMILES string of the molecule is COc1cc(Br)c(NS(=O)(=O)c2ccc(C)cc2)cc1Cl. The fourth-order valence-corrected chi connectivity index (χ4v) is 3.55. The van der Waals surface area contributed by atoms with Crippen molar-refractivity contribution >= 4 is 43.2 Å². The van der Waals surface area contributed by atoms with E-state index in [4.69, 9.17) is 16.3 Å². The lowest BCUT2D eigenvalue weighted by Crippen LogP contribution is -2.13. The van der Waals surface area contributed by atoms with E-state index < -0.39 is 10.0 Å². The molecule has 0 saturated carbocycles. The third kappa shape index (κ3) is 3.70. The Morgan fingerprint density at radius 3 is 2.38 bits per heavy atom. The highest BCUT2D eigenvalue weighted by Crippen LogP contribution is 2.35. The molecular formula is C14H13BrClNO3S. The van der Waals surface area contributed by atoms with Crippen LogP contribution in [0.2, 0.25) is 5.02 Å². The zero-order valence-electron chi connectivity index (χ0n) is 11.4. The molecule has 0 aliphatic heterocycles. The van der Waals surface area contributed by atoms with E-state index in [1.807, 2.05) is 6.92 Å². The molecule has 0 aliphatic carbocycles. The van der Waals surface area contributed by atoms with Gasteiger partial charge in [-0.3, -0.25) is 4.72 Å². The number of hydrogen-bond acceptors (Lipinski definition) is 3. The van der Waals surface area contributed by atoms with Gasteiger partial charge in [-0.15, -0.1) is 0 Å². The molecule has 2 aromatic carbocycles. The van der Waals surface area contributed by atoms with Crippen molar-refractivity contribution in [3.63, 3.8) is 0 Å². The molecule has 0 saturated heterocycles. The number of rotatable bonds is 4. The van der Waals surface area contributed by atoms with Gasteiger partial charge in [-0.25, -0.2) is 8.42 Å². The summed E-state index contributed by atoms with van der Waals surface area (Å²) < 4.78 is 32.8. The molecule has 112 valence electrons. The Morgan fingerprint density at radius 2 is 1.81 bits per heavy atom. The van der Waals surface area contributed by atoms with Gasteiger partial charge in [0.15, 0.2) is 0 Å². The maximum absolute atomic E-state index is 12.3. The van der Waals surface area contributed by atoms with Crippen molar-refractivity contribution in [3.05, 3.63) is 51.5 Å². The van der Waals surface area contributed by atoms with Crippen LogP contribution < -0.4 is 9.46 Å². The molecular weight excluding hydrogens is 378 g/mol. The van der Waals surface area contributed by atoms with E-state index >= 15 is 0 Å². The largest absolute Gasteiger partial charge is 0.495 e. The summed E-state index contributed by atoms with van der Waals surface area (Å²) in [5, 5.41) is 0.322. The van der Waals surface area contributed by atoms with E-state index in [0.29, 0.717) is 20.9 Å². The van der Waals surface area contributed by atoms with E-state index in [9.17, 15) is 8.42 Å². The van der Waals surface area contributed by atoms with Gasteiger partial charge in [-0.05, 0) is 47.1 Å². The van der Waals surface area contributed by atoms with Crippen LogP contribution in [0.15, 0.2) is 45.8 Å². The molecule has 0 radical (unpaired) electrons. The molecule has 1 N–H and O–H groups in total. The summed E-state index contributed by atoms with van der Waals surface area (Å²) in [6.45, 7) is 1.89. The highest BCUT2D eigenvalue weighted by atomic mass is 79.9. The molecule has 0 spiro atoms. The van der Waals surface area contributed by atoms with Gasteiger partial charge in [-0.1, -0.05) is 29.3 Å². The quantitative estimate of drug-likeness (QED) is 0.850. The first kappa shape index (κ1) is 16.1. The lowest BCUT2D eigenvalue weighted by molar-refractivity contribution is 0.415. The van der Waals surface area contributed by atoms with Crippen LogP contribution in [0.4, 0.5) is 5.69 Å². The van der Waals surface area contributed by atoms with Gasteiger partial charge in [0, 0.05) is 4.47 Å². The van der Waals surface area contributed by atoms with E-state index in [2.05, 4.69) is 20.7 Å². The van der Waals surface area contributed by atoms with Gasteiger partial charge in [0.05, 0.1) is 22.7 Å². The summed E-state index contributed by atoms with van der Waals surface area (Å²) >= 11 is 9.31. The number of anilines is 1. The monoisotopic (exact) mass is 389 g/mol. The third-order valence-electron chi connectivity index (χ3n) is 2.82. The van der Waals surface area contributed by atoms with Crippen molar-refractivity contribution in [3.8, 4) is 5.75 Å². The Bertz CT molecular complexity index is 761. The van der Waals surface area contributed by atoms with E-state index in [1.54, 1.807) is 30.3 Å². The molecule has 0 fully saturated rings. The van der Waals surface area contributed by atoms with Crippen LogP contribution in [0.25, 0.3) is 0 Å². The highest BCUT2D eigenvalue weighted by molar-refractivity contribution is 9.10. The van der Waals surface area contributed by atoms with E-state index in [-0.39, 0.29) is 4.90 Å². The Morgan fingerprint density at radius 1 is 1.19 bits per heavy atom. The maximum Gasteiger partial charge on any atom is 0.261 e. The number of methoxy groups -OCH3 is 1. The zero-order chi connectivity index (χ0) is 15.6. The first-order valence-corrected chi connectivity index (χ1v) is 8.61. The highest BCUT2D eigenvalue weighted by Gasteiger charge is 2.17. The van der Waals surface area contributed by atoms with Gasteiger partial charge in [0.1, 0.15) is 5.75 Å². The van der Waals surface area contributed by atoms with Crippen molar-refractivity contribution in [1.29, 1.82) is 0 Å². The smallest absolute Gasteiger partial charge is 0.261 e. The number of ether oxygens (including phenoxy) is 1. The molecule has 0 unspecified atom stereocenters. The van der Waals surface area contributed by atoms with Crippen molar-refractivity contribution in [2.45, 2.75) is 11.8 Å². The van der Waals surface area contributed by atoms with Crippen molar-refractivity contribution in [1.82, 2.24) is 0 Å². The van der Waals surface area contributed by atoms with Gasteiger partial charge in [0.25, 0.3) is 10.0 Å². The predicted molar refractivity (Wildman–Crippen MR) is 87.7 cm³/mol. The molecule has 4 nitrogen and oxygen atoms in total. The van der Waals surface area contributed by atoms with Crippen LogP contribution in [0.1, 0.15) is 5.56 Å². The van der Waals surface area contributed by atoms with Crippen LogP contribution in [0.3, 0.4) is 0 Å². The average molecular weight is 391 g/mol. The van der Waals surface area contributed by atoms with Gasteiger partial charge < -0.3 is 4.74 Å². The molecule has 2 rings (SSSR count). The van der Waals surface area contributed by atoms with E-state index in [1.165, 1.54) is 13.2 Å². The molecule has 0 heterocycles. The van der Waals surface area contributed by atoms with Crippen LogP contribution in [0.5, 0.6) is 5.75 Å². The summed E-state index contributed by atoms with van der Waals surface area (Å²) in [4.78, 5) is 0.187. The first-order valence-electron chi connectivity index (χ1n) is 5.96. The lowest BCUT2D eigenvalue weighted by Gasteiger charge is -2.12. The summed E-state index contributed by atoms with van der Waals surface area (Å²) in [6.07, 6.45) is 0. The Balaban J connectivity index is 2.37. The predicted octanol–water partition coefficient (Wildman–Crippen LogP) is 4.22. The van der Waals surface area contributed by atoms with Gasteiger partial charge >= 0.3 is 0 Å². The number of nitrogens with one attached hydrogen (secondary N) is 1. The summed E-state index contributed by atoms with van der Waals surface area (Å²) in [5.41, 5.74) is 1.34. The second kappa shape index (κ2) is 6.25.